The highest BCUT2D eigenvalue weighted by molar-refractivity contribution is 8.00. The number of likely N-dealkylation sites (tertiary alicyclic amines) is 1. The number of amides is 1. The Kier molecular flexibility index (Phi) is 4.53. The van der Waals surface area contributed by atoms with Crippen molar-refractivity contribution in [2.75, 3.05) is 18.0 Å². The maximum atomic E-state index is 12.1. The number of benzene rings is 1. The zero-order valence-corrected chi connectivity index (χ0v) is 11.6. The number of rotatable bonds is 3. The molecule has 2 N–H and O–H groups in total. The topological polar surface area (TPSA) is 46.3 Å². The Morgan fingerprint density at radius 1 is 1.50 bits per heavy atom. The van der Waals surface area contributed by atoms with Gasteiger partial charge in [-0.15, -0.1) is 11.8 Å². The van der Waals surface area contributed by atoms with E-state index in [4.69, 9.17) is 5.73 Å². The molecule has 1 aliphatic heterocycles. The van der Waals surface area contributed by atoms with Crippen LogP contribution in [0.4, 0.5) is 5.69 Å². The van der Waals surface area contributed by atoms with Crippen LogP contribution in [0, 0.1) is 0 Å². The van der Waals surface area contributed by atoms with Crippen LogP contribution in [0.15, 0.2) is 29.2 Å². The number of anilines is 1. The van der Waals surface area contributed by atoms with Gasteiger partial charge in [-0.2, -0.15) is 0 Å². The van der Waals surface area contributed by atoms with Crippen LogP contribution in [0.3, 0.4) is 0 Å². The van der Waals surface area contributed by atoms with E-state index in [2.05, 4.69) is 6.92 Å². The van der Waals surface area contributed by atoms with E-state index in [9.17, 15) is 4.79 Å². The zero-order chi connectivity index (χ0) is 13.0. The summed E-state index contributed by atoms with van der Waals surface area (Å²) in [7, 11) is 0. The Bertz CT molecular complexity index is 422. The molecule has 1 atom stereocenters. The van der Waals surface area contributed by atoms with Gasteiger partial charge >= 0.3 is 0 Å². The molecule has 1 fully saturated rings. The van der Waals surface area contributed by atoms with Crippen molar-refractivity contribution < 1.29 is 4.79 Å². The first-order chi connectivity index (χ1) is 8.66. The zero-order valence-electron chi connectivity index (χ0n) is 10.8. The van der Waals surface area contributed by atoms with E-state index in [0.29, 0.717) is 11.8 Å². The maximum absolute atomic E-state index is 12.1. The summed E-state index contributed by atoms with van der Waals surface area (Å²) in [6.45, 7) is 3.06. The summed E-state index contributed by atoms with van der Waals surface area (Å²) in [4.78, 5) is 15.2. The second-order valence-corrected chi connectivity index (χ2v) is 5.84. The Morgan fingerprint density at radius 2 is 2.33 bits per heavy atom. The van der Waals surface area contributed by atoms with Gasteiger partial charge in [0.1, 0.15) is 0 Å². The van der Waals surface area contributed by atoms with E-state index in [1.807, 2.05) is 29.2 Å². The second-order valence-electron chi connectivity index (χ2n) is 4.79. The van der Waals surface area contributed by atoms with E-state index < -0.39 is 0 Å². The normalized spacial score (nSPS) is 19.8. The highest BCUT2D eigenvalue weighted by atomic mass is 32.2. The molecule has 1 aromatic carbocycles. The average molecular weight is 264 g/mol. The predicted octanol–water partition coefficient (Wildman–Crippen LogP) is 2.76. The van der Waals surface area contributed by atoms with E-state index in [1.165, 1.54) is 6.42 Å². The standard InChI is InChI=1S/C14H20N2OS/c1-11-5-2-3-8-16(11)14(17)10-18-13-7-4-6-12(15)9-13/h4,6-7,9,11H,2-3,5,8,10,15H2,1H3. The van der Waals surface area contributed by atoms with E-state index >= 15 is 0 Å². The number of carbonyl (C=O) groups is 1. The molecule has 1 aromatic rings. The second kappa shape index (κ2) is 6.14. The minimum atomic E-state index is 0.245. The molecule has 1 heterocycles. The van der Waals surface area contributed by atoms with Crippen LogP contribution in [0.5, 0.6) is 0 Å². The maximum Gasteiger partial charge on any atom is 0.233 e. The summed E-state index contributed by atoms with van der Waals surface area (Å²) < 4.78 is 0. The SMILES string of the molecule is CC1CCCCN1C(=O)CSc1cccc(N)c1. The molecule has 1 amide bonds. The third-order valence-electron chi connectivity index (χ3n) is 3.34. The molecular formula is C14H20N2OS. The third-order valence-corrected chi connectivity index (χ3v) is 4.32. The Hall–Kier alpha value is -1.16. The first-order valence-corrected chi connectivity index (χ1v) is 7.43. The van der Waals surface area contributed by atoms with Crippen molar-refractivity contribution in [3.05, 3.63) is 24.3 Å². The molecule has 0 bridgehead atoms. The molecule has 1 saturated heterocycles. The Morgan fingerprint density at radius 3 is 3.06 bits per heavy atom. The van der Waals surface area contributed by atoms with Gasteiger partial charge in [0.05, 0.1) is 5.75 Å². The predicted molar refractivity (Wildman–Crippen MR) is 76.6 cm³/mol. The van der Waals surface area contributed by atoms with Crippen molar-refractivity contribution in [2.24, 2.45) is 0 Å². The van der Waals surface area contributed by atoms with Crippen molar-refractivity contribution in [2.45, 2.75) is 37.1 Å². The fraction of sp³-hybridized carbons (Fsp3) is 0.500. The number of nitrogen functional groups attached to an aromatic ring is 1. The third kappa shape index (κ3) is 3.42. The van der Waals surface area contributed by atoms with Gasteiger partial charge in [0, 0.05) is 23.2 Å². The van der Waals surface area contributed by atoms with Crippen LogP contribution in [0.25, 0.3) is 0 Å². The lowest BCUT2D eigenvalue weighted by Gasteiger charge is -2.33. The van der Waals surface area contributed by atoms with Gasteiger partial charge in [-0.25, -0.2) is 0 Å². The first kappa shape index (κ1) is 13.3. The van der Waals surface area contributed by atoms with Gasteiger partial charge in [-0.3, -0.25) is 4.79 Å². The molecule has 1 aliphatic rings. The largest absolute Gasteiger partial charge is 0.399 e. The molecule has 98 valence electrons. The van der Waals surface area contributed by atoms with E-state index in [0.717, 1.165) is 30.0 Å². The smallest absolute Gasteiger partial charge is 0.233 e. The summed E-state index contributed by atoms with van der Waals surface area (Å²) in [5.41, 5.74) is 6.47. The van der Waals surface area contributed by atoms with Crippen LogP contribution < -0.4 is 5.73 Å². The van der Waals surface area contributed by atoms with Crippen molar-refractivity contribution in [1.29, 1.82) is 0 Å². The molecule has 0 aromatic heterocycles. The summed E-state index contributed by atoms with van der Waals surface area (Å²) in [6.07, 6.45) is 3.51. The average Bonchev–Trinajstić information content (AvgIpc) is 2.37. The molecule has 0 saturated carbocycles. The lowest BCUT2D eigenvalue weighted by Crippen LogP contribution is -2.42. The molecule has 3 nitrogen and oxygen atoms in total. The number of thioether (sulfide) groups is 1. The number of nitrogens with zero attached hydrogens (tertiary/aromatic N) is 1. The van der Waals surface area contributed by atoms with Crippen LogP contribution in [0.2, 0.25) is 0 Å². The van der Waals surface area contributed by atoms with Gasteiger partial charge in [0.25, 0.3) is 0 Å². The van der Waals surface area contributed by atoms with Crippen molar-refractivity contribution in [3.8, 4) is 0 Å². The van der Waals surface area contributed by atoms with Gasteiger partial charge in [-0.05, 0) is 44.4 Å². The van der Waals surface area contributed by atoms with Gasteiger partial charge in [-0.1, -0.05) is 6.07 Å². The number of nitrogens with two attached hydrogens (primary N) is 1. The molecular weight excluding hydrogens is 244 g/mol. The van der Waals surface area contributed by atoms with Crippen LogP contribution in [-0.2, 0) is 4.79 Å². The quantitative estimate of drug-likeness (QED) is 0.674. The molecule has 4 heteroatoms. The summed E-state index contributed by atoms with van der Waals surface area (Å²) in [5.74, 6) is 0.753. The van der Waals surface area contributed by atoms with Gasteiger partial charge in [0.15, 0.2) is 0 Å². The van der Waals surface area contributed by atoms with Crippen LogP contribution in [-0.4, -0.2) is 29.1 Å². The van der Waals surface area contributed by atoms with Gasteiger partial charge < -0.3 is 10.6 Å². The fourth-order valence-electron chi connectivity index (χ4n) is 2.30. The van der Waals surface area contributed by atoms with Crippen molar-refractivity contribution in [1.82, 2.24) is 4.90 Å². The number of hydrogen-bond donors (Lipinski definition) is 1. The van der Waals surface area contributed by atoms with Crippen molar-refractivity contribution in [3.63, 3.8) is 0 Å². The monoisotopic (exact) mass is 264 g/mol. The van der Waals surface area contributed by atoms with Gasteiger partial charge in [0.2, 0.25) is 5.91 Å². The highest BCUT2D eigenvalue weighted by Gasteiger charge is 2.22. The Balaban J connectivity index is 1.88. The minimum absolute atomic E-state index is 0.245. The lowest BCUT2D eigenvalue weighted by atomic mass is 10.0. The van der Waals surface area contributed by atoms with Crippen molar-refractivity contribution >= 4 is 23.4 Å². The van der Waals surface area contributed by atoms with Crippen LogP contribution in [0.1, 0.15) is 26.2 Å². The van der Waals surface area contributed by atoms with E-state index in [-0.39, 0.29) is 5.91 Å². The van der Waals surface area contributed by atoms with Crippen LogP contribution >= 0.6 is 11.8 Å². The molecule has 18 heavy (non-hydrogen) atoms. The molecule has 1 unspecified atom stereocenters. The fourth-order valence-corrected chi connectivity index (χ4v) is 3.15. The lowest BCUT2D eigenvalue weighted by molar-refractivity contribution is -0.131. The minimum Gasteiger partial charge on any atom is -0.399 e. The Labute approximate surface area is 113 Å². The summed E-state index contributed by atoms with van der Waals surface area (Å²) in [6, 6.07) is 8.09. The number of hydrogen-bond acceptors (Lipinski definition) is 3. The first-order valence-electron chi connectivity index (χ1n) is 6.44. The highest BCUT2D eigenvalue weighted by Crippen LogP contribution is 2.22. The molecule has 2 rings (SSSR count). The summed E-state index contributed by atoms with van der Waals surface area (Å²) in [5, 5.41) is 0. The number of piperidine rings is 1. The van der Waals surface area contributed by atoms with E-state index in [1.54, 1.807) is 11.8 Å². The molecule has 0 radical (unpaired) electrons. The molecule has 0 spiro atoms. The summed E-state index contributed by atoms with van der Waals surface area (Å²) >= 11 is 1.57. The molecule has 0 aliphatic carbocycles. The number of carbonyl (C=O) groups excluding carboxylic acids is 1.